The number of benzene rings is 1. The third-order valence-electron chi connectivity index (χ3n) is 7.58. The van der Waals surface area contributed by atoms with Crippen molar-refractivity contribution < 1.29 is 33.6 Å². The second-order valence-corrected chi connectivity index (χ2v) is 11.3. The second kappa shape index (κ2) is 13.1. The van der Waals surface area contributed by atoms with E-state index in [9.17, 15) is 29.1 Å². The molecule has 4 atom stereocenters. The molecule has 1 aliphatic heterocycles. The number of aromatic nitrogens is 1. The third-order valence-corrected chi connectivity index (χ3v) is 7.58. The largest absolute Gasteiger partial charge is 0.391 e. The maximum absolute atomic E-state index is 13.7. The van der Waals surface area contributed by atoms with Crippen LogP contribution in [0.1, 0.15) is 55.1 Å². The molecule has 2 bridgehead atoms. The Morgan fingerprint density at radius 1 is 0.976 bits per heavy atom. The van der Waals surface area contributed by atoms with Gasteiger partial charge in [-0.15, -0.1) is 0 Å². The number of carbonyl (C=O) groups is 5. The van der Waals surface area contributed by atoms with Gasteiger partial charge in [0.05, 0.1) is 12.6 Å². The van der Waals surface area contributed by atoms with Crippen LogP contribution in [-0.2, 0) is 38.6 Å². The minimum absolute atomic E-state index is 0.00991. The fourth-order valence-corrected chi connectivity index (χ4v) is 5.17. The summed E-state index contributed by atoms with van der Waals surface area (Å²) in [4.78, 5) is 67.0. The van der Waals surface area contributed by atoms with Gasteiger partial charge in [0.2, 0.25) is 23.6 Å². The lowest BCUT2D eigenvalue weighted by atomic mass is 10.0. The topological polar surface area (TPSA) is 183 Å². The van der Waals surface area contributed by atoms with Crippen LogP contribution in [0.5, 0.6) is 0 Å². The summed E-state index contributed by atoms with van der Waals surface area (Å²) in [7, 11) is 0. The Balaban J connectivity index is 1.60. The number of aliphatic hydroxyl groups is 1. The van der Waals surface area contributed by atoms with Crippen LogP contribution in [0.4, 0.5) is 0 Å². The van der Waals surface area contributed by atoms with Crippen LogP contribution in [0.15, 0.2) is 34.9 Å². The minimum atomic E-state index is -1.40. The van der Waals surface area contributed by atoms with Crippen LogP contribution >= 0.6 is 0 Å². The van der Waals surface area contributed by atoms with Gasteiger partial charge in [0, 0.05) is 25.1 Å². The molecule has 1 aromatic carbocycles. The van der Waals surface area contributed by atoms with E-state index in [1.165, 1.54) is 19.9 Å². The molecule has 1 aliphatic carbocycles. The quantitative estimate of drug-likeness (QED) is 0.326. The number of hydrogen-bond acceptors (Lipinski definition) is 8. The van der Waals surface area contributed by atoms with Crippen molar-refractivity contribution >= 4 is 29.5 Å². The van der Waals surface area contributed by atoms with E-state index in [1.807, 2.05) is 24.3 Å². The summed E-state index contributed by atoms with van der Waals surface area (Å²) in [6.07, 6.45) is -0.131. The molecule has 1 aromatic heterocycles. The lowest BCUT2D eigenvalue weighted by Gasteiger charge is -2.27. The number of rotatable bonds is 3. The van der Waals surface area contributed by atoms with E-state index in [2.05, 4.69) is 26.4 Å². The Morgan fingerprint density at radius 2 is 1.64 bits per heavy atom. The summed E-state index contributed by atoms with van der Waals surface area (Å²) in [5, 5.41) is 24.4. The van der Waals surface area contributed by atoms with Crippen LogP contribution in [0.2, 0.25) is 0 Å². The smallest absolute Gasteiger partial charge is 0.274 e. The zero-order valence-electron chi connectivity index (χ0n) is 24.2. The standard InChI is InChI=1S/C29H38N6O7/c1-15(2)23-27(39)30-9-10-35(29(41)20-11-18-7-5-6-8-19(18)12-20)14-21-13-22(34-42-21)26(38)33-24(17(4)36)28(40)31-16(3)25(37)32-23/h5-8,13,15-17,20,23-24,36H,9-12,14H2,1-4H3,(H,30,39)(H,31,40)(H,32,37)(H,33,38)/t16-,17+,23-,24-/m0/s1. The molecule has 4 rings (SSSR count). The van der Waals surface area contributed by atoms with E-state index < -0.39 is 47.9 Å². The molecule has 0 radical (unpaired) electrons. The Kier molecular flexibility index (Phi) is 9.61. The molecular formula is C29H38N6O7. The summed E-state index contributed by atoms with van der Waals surface area (Å²) in [6.45, 7) is 6.53. The lowest BCUT2D eigenvalue weighted by Crippen LogP contribution is -2.58. The van der Waals surface area contributed by atoms with Gasteiger partial charge in [0.1, 0.15) is 18.1 Å². The Bertz CT molecular complexity index is 1310. The van der Waals surface area contributed by atoms with Crippen LogP contribution in [0.25, 0.3) is 0 Å². The molecule has 0 fully saturated rings. The van der Waals surface area contributed by atoms with E-state index in [1.54, 1.807) is 18.7 Å². The first-order chi connectivity index (χ1) is 19.9. The molecule has 42 heavy (non-hydrogen) atoms. The fraction of sp³-hybridized carbons (Fsp3) is 0.517. The summed E-state index contributed by atoms with van der Waals surface area (Å²) in [5.74, 6) is -3.11. The van der Waals surface area contributed by atoms with Gasteiger partial charge in [-0.1, -0.05) is 43.3 Å². The lowest BCUT2D eigenvalue weighted by molar-refractivity contribution is -0.137. The van der Waals surface area contributed by atoms with Gasteiger partial charge in [0.15, 0.2) is 11.5 Å². The maximum atomic E-state index is 13.7. The van der Waals surface area contributed by atoms with Gasteiger partial charge in [-0.05, 0) is 43.7 Å². The molecule has 226 valence electrons. The van der Waals surface area contributed by atoms with Crippen molar-refractivity contribution in [3.8, 4) is 0 Å². The molecule has 2 aromatic rings. The number of fused-ring (bicyclic) bond motifs is 3. The first kappa shape index (κ1) is 30.7. The zero-order chi connectivity index (χ0) is 30.6. The highest BCUT2D eigenvalue weighted by Crippen LogP contribution is 2.28. The van der Waals surface area contributed by atoms with E-state index in [-0.39, 0.29) is 48.8 Å². The molecule has 0 spiro atoms. The van der Waals surface area contributed by atoms with Crippen LogP contribution in [0, 0.1) is 11.8 Å². The molecule has 2 heterocycles. The summed E-state index contributed by atoms with van der Waals surface area (Å²) in [6, 6.07) is 5.86. The fourth-order valence-electron chi connectivity index (χ4n) is 5.17. The van der Waals surface area contributed by atoms with Gasteiger partial charge >= 0.3 is 0 Å². The van der Waals surface area contributed by atoms with Crippen molar-refractivity contribution in [3.05, 3.63) is 52.9 Å². The summed E-state index contributed by atoms with van der Waals surface area (Å²) >= 11 is 0. The average Bonchev–Trinajstić information content (AvgIpc) is 3.59. The first-order valence-corrected chi connectivity index (χ1v) is 14.1. The summed E-state index contributed by atoms with van der Waals surface area (Å²) in [5.41, 5.74) is 2.08. The van der Waals surface area contributed by atoms with Gasteiger partial charge < -0.3 is 35.8 Å². The van der Waals surface area contributed by atoms with Crippen molar-refractivity contribution in [2.75, 3.05) is 13.1 Å². The number of amides is 5. The number of hydrogen-bond donors (Lipinski definition) is 5. The number of aliphatic hydroxyl groups excluding tert-OH is 1. The number of nitrogens with zero attached hydrogens (tertiary/aromatic N) is 2. The molecule has 13 heteroatoms. The van der Waals surface area contributed by atoms with Crippen molar-refractivity contribution in [3.63, 3.8) is 0 Å². The minimum Gasteiger partial charge on any atom is -0.391 e. The summed E-state index contributed by atoms with van der Waals surface area (Å²) < 4.78 is 5.37. The highest BCUT2D eigenvalue weighted by molar-refractivity contribution is 5.98. The average molecular weight is 583 g/mol. The molecule has 0 saturated heterocycles. The highest BCUT2D eigenvalue weighted by Gasteiger charge is 2.34. The monoisotopic (exact) mass is 582 g/mol. The predicted molar refractivity (Wildman–Crippen MR) is 150 cm³/mol. The predicted octanol–water partition coefficient (Wildman–Crippen LogP) is -0.327. The molecule has 5 N–H and O–H groups in total. The SMILES string of the molecule is CC(C)[C@@H]1NC(=O)[C@H](C)NC(=O)[C@H]([C@@H](C)O)NC(=O)c2cc(on2)CN(C(=O)C2Cc3ccccc3C2)CCNC1=O. The Morgan fingerprint density at radius 3 is 2.26 bits per heavy atom. The van der Waals surface area contributed by atoms with Crippen LogP contribution in [0.3, 0.4) is 0 Å². The normalized spacial score (nSPS) is 23.7. The molecule has 2 aliphatic rings. The third kappa shape index (κ3) is 7.14. The van der Waals surface area contributed by atoms with Gasteiger partial charge in [-0.25, -0.2) is 0 Å². The molecule has 5 amide bonds. The number of nitrogens with one attached hydrogen (secondary N) is 4. The van der Waals surface area contributed by atoms with E-state index in [0.717, 1.165) is 11.1 Å². The van der Waals surface area contributed by atoms with E-state index >= 15 is 0 Å². The number of carbonyl (C=O) groups excluding carboxylic acids is 5. The van der Waals surface area contributed by atoms with Gasteiger partial charge in [-0.3, -0.25) is 24.0 Å². The Hall–Kier alpha value is -4.26. The van der Waals surface area contributed by atoms with Crippen molar-refractivity contribution in [2.45, 2.75) is 71.3 Å². The molecule has 0 unspecified atom stereocenters. The molecular weight excluding hydrogens is 544 g/mol. The second-order valence-electron chi connectivity index (χ2n) is 11.3. The van der Waals surface area contributed by atoms with E-state index in [0.29, 0.717) is 12.8 Å². The van der Waals surface area contributed by atoms with E-state index in [4.69, 9.17) is 4.52 Å². The first-order valence-electron chi connectivity index (χ1n) is 14.1. The van der Waals surface area contributed by atoms with Gasteiger partial charge in [0.25, 0.3) is 5.91 Å². The van der Waals surface area contributed by atoms with Crippen molar-refractivity contribution in [1.82, 2.24) is 31.3 Å². The molecule has 13 nitrogen and oxygen atoms in total. The molecule has 0 saturated carbocycles. The van der Waals surface area contributed by atoms with Crippen LogP contribution < -0.4 is 21.3 Å². The van der Waals surface area contributed by atoms with Crippen LogP contribution in [-0.4, -0.2) is 82.0 Å². The van der Waals surface area contributed by atoms with Crippen molar-refractivity contribution in [2.24, 2.45) is 11.8 Å². The van der Waals surface area contributed by atoms with Crippen molar-refractivity contribution in [1.29, 1.82) is 0 Å². The maximum Gasteiger partial charge on any atom is 0.274 e. The zero-order valence-corrected chi connectivity index (χ0v) is 24.2. The highest BCUT2D eigenvalue weighted by atomic mass is 16.5. The van der Waals surface area contributed by atoms with Gasteiger partial charge in [-0.2, -0.15) is 0 Å². The Labute approximate surface area is 243 Å².